The Hall–Kier alpha value is -2.76. The molecule has 1 aromatic carbocycles. The molecule has 1 saturated heterocycles. The fourth-order valence-electron chi connectivity index (χ4n) is 2.88. The van der Waals surface area contributed by atoms with Gasteiger partial charge < -0.3 is 15.2 Å². The molecule has 10 nitrogen and oxygen atoms in total. The Kier molecular flexibility index (Phi) is 7.71. The van der Waals surface area contributed by atoms with E-state index < -0.39 is 46.7 Å². The Morgan fingerprint density at radius 3 is 2.63 bits per heavy atom. The fourth-order valence-corrected chi connectivity index (χ4v) is 4.59. The van der Waals surface area contributed by atoms with Crippen molar-refractivity contribution in [2.45, 2.75) is 37.3 Å². The van der Waals surface area contributed by atoms with Crippen LogP contribution in [-0.2, 0) is 24.3 Å². The van der Waals surface area contributed by atoms with Crippen LogP contribution in [0.5, 0.6) is 0 Å². The highest BCUT2D eigenvalue weighted by atomic mass is 32.2. The standard InChI is InChI=1S/C19H25N3O7S/c1-4-7-20-19(26)21-17(24)11-29-18(25)16-9-14(23)10-22(16)30(27,28)15-6-5-12(2)13(3)8-15/h4-6,8,14,16,23H,1,7,9-11H2,2-3H3,(H2,20,21,24,26). The van der Waals surface area contributed by atoms with Crippen molar-refractivity contribution in [3.63, 3.8) is 0 Å². The molecule has 1 aliphatic heterocycles. The third kappa shape index (κ3) is 5.65. The largest absolute Gasteiger partial charge is 0.454 e. The van der Waals surface area contributed by atoms with E-state index in [1.807, 2.05) is 12.2 Å². The summed E-state index contributed by atoms with van der Waals surface area (Å²) < 4.78 is 31.8. The summed E-state index contributed by atoms with van der Waals surface area (Å²) >= 11 is 0. The number of carbonyl (C=O) groups excluding carboxylic acids is 3. The predicted octanol–water partition coefficient (Wildman–Crippen LogP) is -0.0177. The molecule has 2 atom stereocenters. The van der Waals surface area contributed by atoms with Crippen molar-refractivity contribution in [2.24, 2.45) is 0 Å². The van der Waals surface area contributed by atoms with Crippen molar-refractivity contribution in [3.05, 3.63) is 42.0 Å². The van der Waals surface area contributed by atoms with Crippen LogP contribution in [0.4, 0.5) is 4.79 Å². The molecule has 2 unspecified atom stereocenters. The smallest absolute Gasteiger partial charge is 0.325 e. The van der Waals surface area contributed by atoms with Gasteiger partial charge in [-0.25, -0.2) is 13.2 Å². The van der Waals surface area contributed by atoms with Gasteiger partial charge in [0.05, 0.1) is 11.0 Å². The molecular weight excluding hydrogens is 414 g/mol. The predicted molar refractivity (Wildman–Crippen MR) is 107 cm³/mol. The van der Waals surface area contributed by atoms with E-state index in [0.29, 0.717) is 0 Å². The third-order valence-corrected chi connectivity index (χ3v) is 6.47. The van der Waals surface area contributed by atoms with Crippen molar-refractivity contribution in [1.82, 2.24) is 14.9 Å². The number of amides is 3. The molecule has 0 radical (unpaired) electrons. The minimum absolute atomic E-state index is 0.00543. The van der Waals surface area contributed by atoms with Gasteiger partial charge in [0, 0.05) is 19.5 Å². The lowest BCUT2D eigenvalue weighted by molar-refractivity contribution is -0.151. The van der Waals surface area contributed by atoms with E-state index >= 15 is 0 Å². The number of aryl methyl sites for hydroxylation is 2. The van der Waals surface area contributed by atoms with E-state index in [1.165, 1.54) is 18.2 Å². The number of hydrogen-bond donors (Lipinski definition) is 3. The molecule has 1 aromatic rings. The second kappa shape index (κ2) is 9.83. The number of carbonyl (C=O) groups is 3. The number of urea groups is 1. The van der Waals surface area contributed by atoms with Gasteiger partial charge in [-0.2, -0.15) is 4.31 Å². The number of β-amino-alcohol motifs (C(OH)–C–C–N with tert-alkyl or cyclic N) is 1. The number of ether oxygens (including phenoxy) is 1. The van der Waals surface area contributed by atoms with Gasteiger partial charge in [0.1, 0.15) is 6.04 Å². The quantitative estimate of drug-likeness (QED) is 0.400. The topological polar surface area (TPSA) is 142 Å². The summed E-state index contributed by atoms with van der Waals surface area (Å²) in [7, 11) is -4.07. The van der Waals surface area contributed by atoms with Gasteiger partial charge >= 0.3 is 12.0 Å². The number of benzene rings is 1. The Labute approximate surface area is 174 Å². The number of aliphatic hydroxyl groups is 1. The Bertz CT molecular complexity index is 945. The molecule has 1 heterocycles. The SMILES string of the molecule is C=CCNC(=O)NC(=O)COC(=O)C1CC(O)CN1S(=O)(=O)c1ccc(C)c(C)c1. The van der Waals surface area contributed by atoms with Crippen molar-refractivity contribution in [2.75, 3.05) is 19.7 Å². The number of sulfonamides is 1. The normalized spacial score (nSPS) is 19.2. The van der Waals surface area contributed by atoms with Gasteiger partial charge in [-0.1, -0.05) is 12.1 Å². The van der Waals surface area contributed by atoms with Gasteiger partial charge in [0.25, 0.3) is 5.91 Å². The number of nitrogens with zero attached hydrogens (tertiary/aromatic N) is 1. The van der Waals surface area contributed by atoms with Crippen molar-refractivity contribution in [1.29, 1.82) is 0 Å². The average molecular weight is 439 g/mol. The summed E-state index contributed by atoms with van der Waals surface area (Å²) in [5.74, 6) is -1.87. The van der Waals surface area contributed by atoms with Crippen LogP contribution in [0.3, 0.4) is 0 Å². The van der Waals surface area contributed by atoms with Crippen LogP contribution in [-0.4, -0.2) is 67.6 Å². The molecule has 0 saturated carbocycles. The summed E-state index contributed by atoms with van der Waals surface area (Å²) in [6.45, 7) is 6.11. The highest BCUT2D eigenvalue weighted by molar-refractivity contribution is 7.89. The van der Waals surface area contributed by atoms with Crippen LogP contribution in [0, 0.1) is 13.8 Å². The van der Waals surface area contributed by atoms with E-state index in [0.717, 1.165) is 15.4 Å². The molecule has 0 aliphatic carbocycles. The molecule has 30 heavy (non-hydrogen) atoms. The molecule has 1 aliphatic rings. The first-order valence-corrected chi connectivity index (χ1v) is 10.6. The highest BCUT2D eigenvalue weighted by Crippen LogP contribution is 2.28. The van der Waals surface area contributed by atoms with E-state index in [-0.39, 0.29) is 24.4 Å². The number of nitrogens with one attached hydrogen (secondary N) is 2. The maximum absolute atomic E-state index is 13.0. The van der Waals surface area contributed by atoms with Crippen LogP contribution >= 0.6 is 0 Å². The Morgan fingerprint density at radius 2 is 2.00 bits per heavy atom. The zero-order valence-corrected chi connectivity index (χ0v) is 17.6. The Morgan fingerprint density at radius 1 is 1.30 bits per heavy atom. The first kappa shape index (κ1) is 23.5. The monoisotopic (exact) mass is 439 g/mol. The summed E-state index contributed by atoms with van der Waals surface area (Å²) in [6.07, 6.45) is 0.201. The van der Waals surface area contributed by atoms with Crippen LogP contribution < -0.4 is 10.6 Å². The lowest BCUT2D eigenvalue weighted by atomic mass is 10.1. The second-order valence-corrected chi connectivity index (χ2v) is 8.77. The van der Waals surface area contributed by atoms with Gasteiger partial charge in [-0.15, -0.1) is 6.58 Å². The molecule has 11 heteroatoms. The lowest BCUT2D eigenvalue weighted by Gasteiger charge is -2.22. The molecule has 164 valence electrons. The molecule has 0 spiro atoms. The van der Waals surface area contributed by atoms with E-state index in [1.54, 1.807) is 13.0 Å². The highest BCUT2D eigenvalue weighted by Gasteiger charge is 2.44. The minimum Gasteiger partial charge on any atom is -0.454 e. The molecule has 0 bridgehead atoms. The third-order valence-electron chi connectivity index (χ3n) is 4.60. The van der Waals surface area contributed by atoms with Gasteiger partial charge in [-0.3, -0.25) is 14.9 Å². The van der Waals surface area contributed by atoms with Crippen molar-refractivity contribution < 1.29 is 32.6 Å². The number of rotatable bonds is 7. The number of esters is 1. The van der Waals surface area contributed by atoms with E-state index in [9.17, 15) is 27.9 Å². The van der Waals surface area contributed by atoms with Crippen LogP contribution in [0.25, 0.3) is 0 Å². The summed E-state index contributed by atoms with van der Waals surface area (Å²) in [6, 6.07) is 2.51. The lowest BCUT2D eigenvalue weighted by Crippen LogP contribution is -2.44. The summed E-state index contributed by atoms with van der Waals surface area (Å²) in [5, 5.41) is 14.2. The maximum atomic E-state index is 13.0. The van der Waals surface area contributed by atoms with Crippen LogP contribution in [0.15, 0.2) is 35.7 Å². The first-order chi connectivity index (χ1) is 14.1. The van der Waals surface area contributed by atoms with E-state index in [4.69, 9.17) is 4.74 Å². The maximum Gasteiger partial charge on any atom is 0.325 e. The fraction of sp³-hybridized carbons (Fsp3) is 0.421. The average Bonchev–Trinajstić information content (AvgIpc) is 3.09. The molecule has 1 fully saturated rings. The number of aliphatic hydroxyl groups excluding tert-OH is 1. The Balaban J connectivity index is 2.07. The zero-order chi connectivity index (χ0) is 22.5. The minimum atomic E-state index is -4.07. The molecule has 3 N–H and O–H groups in total. The second-order valence-electron chi connectivity index (χ2n) is 6.88. The van der Waals surface area contributed by atoms with Crippen LogP contribution in [0.1, 0.15) is 17.5 Å². The van der Waals surface area contributed by atoms with Crippen molar-refractivity contribution in [3.8, 4) is 0 Å². The zero-order valence-electron chi connectivity index (χ0n) is 16.8. The molecule has 0 aromatic heterocycles. The van der Waals surface area contributed by atoms with Crippen molar-refractivity contribution >= 4 is 27.9 Å². The number of hydrogen-bond acceptors (Lipinski definition) is 7. The van der Waals surface area contributed by atoms with Gasteiger partial charge in [0.2, 0.25) is 10.0 Å². The van der Waals surface area contributed by atoms with Gasteiger partial charge in [-0.05, 0) is 37.1 Å². The molecular formula is C19H25N3O7S. The van der Waals surface area contributed by atoms with E-state index in [2.05, 4.69) is 11.9 Å². The molecule has 2 rings (SSSR count). The first-order valence-electron chi connectivity index (χ1n) is 9.18. The summed E-state index contributed by atoms with van der Waals surface area (Å²) in [5.41, 5.74) is 1.68. The van der Waals surface area contributed by atoms with Gasteiger partial charge in [0.15, 0.2) is 6.61 Å². The summed E-state index contributed by atoms with van der Waals surface area (Å²) in [4.78, 5) is 35.5. The number of imide groups is 1. The molecule has 3 amide bonds. The van der Waals surface area contributed by atoms with Crippen LogP contribution in [0.2, 0.25) is 0 Å².